The van der Waals surface area contributed by atoms with E-state index in [1.165, 1.54) is 16.9 Å². The maximum absolute atomic E-state index is 11.0. The lowest BCUT2D eigenvalue weighted by Gasteiger charge is -2.02. The minimum Gasteiger partial charge on any atom is -0.332 e. The molecule has 0 aliphatic carbocycles. The van der Waals surface area contributed by atoms with Crippen molar-refractivity contribution in [3.8, 4) is 0 Å². The van der Waals surface area contributed by atoms with Crippen LogP contribution >= 0.6 is 11.3 Å². The first-order chi connectivity index (χ1) is 8.13. The second-order valence-corrected chi connectivity index (χ2v) is 4.87. The van der Waals surface area contributed by atoms with Gasteiger partial charge in [0.15, 0.2) is 5.13 Å². The Bertz CT molecular complexity index is 522. The van der Waals surface area contributed by atoms with Crippen molar-refractivity contribution in [3.63, 3.8) is 0 Å². The molecule has 0 aliphatic rings. The Morgan fingerprint density at radius 3 is 2.71 bits per heavy atom. The molecule has 3 nitrogen and oxygen atoms in total. The van der Waals surface area contributed by atoms with Crippen LogP contribution in [0.5, 0.6) is 0 Å². The molecule has 5 heteroatoms. The molecule has 0 fully saturated rings. The Labute approximate surface area is 105 Å². The van der Waals surface area contributed by atoms with Crippen LogP contribution in [0.15, 0.2) is 29.6 Å². The summed E-state index contributed by atoms with van der Waals surface area (Å²) < 4.78 is 0. The zero-order chi connectivity index (χ0) is 12.3. The second kappa shape index (κ2) is 5.14. The highest BCUT2D eigenvalue weighted by molar-refractivity contribution is 7.15. The molecule has 1 aromatic carbocycles. The van der Waals surface area contributed by atoms with E-state index in [0.29, 0.717) is 7.28 Å². The Kier molecular flexibility index (Phi) is 3.59. The Balaban J connectivity index is 2.06. The highest BCUT2D eigenvalue weighted by Gasteiger charge is 2.06. The molecule has 0 bridgehead atoms. The molecule has 0 amide bonds. The highest BCUT2D eigenvalue weighted by Crippen LogP contribution is 2.17. The van der Waals surface area contributed by atoms with E-state index in [2.05, 4.69) is 17.2 Å². The van der Waals surface area contributed by atoms with E-state index in [0.717, 1.165) is 16.4 Å². The lowest BCUT2D eigenvalue weighted by atomic mass is 9.71. The molecule has 2 aromatic rings. The summed E-state index contributed by atoms with van der Waals surface area (Å²) >= 11 is 1.52. The third kappa shape index (κ3) is 3.42. The van der Waals surface area contributed by atoms with Gasteiger partial charge in [-0.3, -0.25) is 0 Å². The number of thiazole rings is 1. The molecule has 0 aliphatic heterocycles. The number of hydrogen-bond donors (Lipinski definition) is 1. The summed E-state index contributed by atoms with van der Waals surface area (Å²) in [6, 6.07) is 8.13. The molecule has 1 aromatic heterocycles. The summed E-state index contributed by atoms with van der Waals surface area (Å²) in [5.74, 6) is 0. The first kappa shape index (κ1) is 11.9. The summed E-state index contributed by atoms with van der Waals surface area (Å²) in [7, 11) is 0.409. The third-order valence-electron chi connectivity index (χ3n) is 2.28. The van der Waals surface area contributed by atoms with Gasteiger partial charge in [-0.05, 0) is 26.0 Å². The fourth-order valence-corrected chi connectivity index (χ4v) is 2.19. The van der Waals surface area contributed by atoms with Gasteiger partial charge in [0.25, 0.3) is 7.28 Å². The van der Waals surface area contributed by atoms with Crippen molar-refractivity contribution in [2.75, 3.05) is 5.32 Å². The SMILES string of the molecule is CC(=O)Bc1csc(Nc2ccc(C)cc2)n1. The Hall–Kier alpha value is -1.62. The van der Waals surface area contributed by atoms with Crippen molar-refractivity contribution >= 4 is 40.7 Å². The number of hydrogen-bond acceptors (Lipinski definition) is 4. The number of nitrogens with one attached hydrogen (secondary N) is 1. The van der Waals surface area contributed by atoms with Crippen LogP contribution in [0.2, 0.25) is 0 Å². The molecule has 0 unspecified atom stereocenters. The molecule has 0 radical (unpaired) electrons. The lowest BCUT2D eigenvalue weighted by molar-refractivity contribution is -0.110. The topological polar surface area (TPSA) is 42.0 Å². The van der Waals surface area contributed by atoms with Gasteiger partial charge >= 0.3 is 0 Å². The quantitative estimate of drug-likeness (QED) is 0.834. The normalized spacial score (nSPS) is 10.0. The number of aryl methyl sites for hydroxylation is 1. The maximum Gasteiger partial charge on any atom is 0.263 e. The van der Waals surface area contributed by atoms with E-state index in [4.69, 9.17) is 0 Å². The van der Waals surface area contributed by atoms with Gasteiger partial charge in [0, 0.05) is 16.7 Å². The van der Waals surface area contributed by atoms with E-state index >= 15 is 0 Å². The van der Waals surface area contributed by atoms with Crippen molar-refractivity contribution in [2.24, 2.45) is 0 Å². The summed E-state index contributed by atoms with van der Waals surface area (Å²) in [6.45, 7) is 3.63. The maximum atomic E-state index is 11.0. The average molecular weight is 244 g/mol. The average Bonchev–Trinajstić information content (AvgIpc) is 2.68. The van der Waals surface area contributed by atoms with E-state index in [1.54, 1.807) is 6.92 Å². The summed E-state index contributed by atoms with van der Waals surface area (Å²) in [6.07, 6.45) is 0. The molecule has 0 atom stereocenters. The molecule has 1 N–H and O–H groups in total. The number of benzene rings is 1. The predicted molar refractivity (Wildman–Crippen MR) is 74.0 cm³/mol. The third-order valence-corrected chi connectivity index (χ3v) is 3.09. The molecule has 0 saturated heterocycles. The minimum atomic E-state index is 0.136. The Morgan fingerprint density at radius 1 is 1.35 bits per heavy atom. The van der Waals surface area contributed by atoms with Crippen molar-refractivity contribution in [1.29, 1.82) is 0 Å². The second-order valence-electron chi connectivity index (χ2n) is 4.01. The fraction of sp³-hybridized carbons (Fsp3) is 0.167. The molecule has 0 saturated carbocycles. The zero-order valence-corrected chi connectivity index (χ0v) is 10.7. The highest BCUT2D eigenvalue weighted by atomic mass is 32.1. The van der Waals surface area contributed by atoms with Crippen LogP contribution in [0.3, 0.4) is 0 Å². The van der Waals surface area contributed by atoms with Crippen LogP contribution in [-0.4, -0.2) is 17.9 Å². The molecular weight excluding hydrogens is 231 g/mol. The number of carbonyl (C=O) groups is 1. The van der Waals surface area contributed by atoms with Gasteiger partial charge < -0.3 is 10.1 Å². The smallest absolute Gasteiger partial charge is 0.263 e. The first-order valence-electron chi connectivity index (χ1n) is 5.41. The molecule has 0 spiro atoms. The molecule has 86 valence electrons. The van der Waals surface area contributed by atoms with Gasteiger partial charge in [-0.1, -0.05) is 17.7 Å². The van der Waals surface area contributed by atoms with E-state index < -0.39 is 0 Å². The van der Waals surface area contributed by atoms with Crippen LogP contribution in [-0.2, 0) is 4.79 Å². The number of nitrogens with zero attached hydrogens (tertiary/aromatic N) is 1. The monoisotopic (exact) mass is 244 g/mol. The zero-order valence-electron chi connectivity index (χ0n) is 9.86. The summed E-state index contributed by atoms with van der Waals surface area (Å²) in [4.78, 5) is 15.3. The number of rotatable bonds is 4. The largest absolute Gasteiger partial charge is 0.332 e. The number of anilines is 2. The molecule has 1 heterocycles. The van der Waals surface area contributed by atoms with Gasteiger partial charge in [-0.15, -0.1) is 11.3 Å². The molecule has 2 rings (SSSR count). The standard InChI is InChI=1S/C12H13BN2OS/c1-8-3-5-10(6-4-8)14-12-15-11(7-17-12)13-9(2)16/h3-7,13H,1-2H3,(H,14,15). The van der Waals surface area contributed by atoms with Gasteiger partial charge in [-0.25, -0.2) is 4.98 Å². The Morgan fingerprint density at radius 2 is 2.06 bits per heavy atom. The fourth-order valence-electron chi connectivity index (χ4n) is 1.46. The van der Waals surface area contributed by atoms with Crippen LogP contribution < -0.4 is 10.9 Å². The van der Waals surface area contributed by atoms with Crippen LogP contribution in [0, 0.1) is 6.92 Å². The van der Waals surface area contributed by atoms with Crippen molar-refractivity contribution in [2.45, 2.75) is 13.8 Å². The molecule has 17 heavy (non-hydrogen) atoms. The van der Waals surface area contributed by atoms with Crippen LogP contribution in [0.25, 0.3) is 0 Å². The number of aromatic nitrogens is 1. The van der Waals surface area contributed by atoms with Crippen LogP contribution in [0.1, 0.15) is 12.5 Å². The number of carbonyl (C=O) groups excluding carboxylic acids is 1. The van der Waals surface area contributed by atoms with Gasteiger partial charge in [0.1, 0.15) is 0 Å². The van der Waals surface area contributed by atoms with Crippen LogP contribution in [0.4, 0.5) is 10.8 Å². The van der Waals surface area contributed by atoms with E-state index in [9.17, 15) is 4.79 Å². The van der Waals surface area contributed by atoms with Gasteiger partial charge in [-0.2, -0.15) is 0 Å². The van der Waals surface area contributed by atoms with Crippen molar-refractivity contribution < 1.29 is 4.79 Å². The first-order valence-corrected chi connectivity index (χ1v) is 6.29. The van der Waals surface area contributed by atoms with E-state index in [-0.39, 0.29) is 5.68 Å². The summed E-state index contributed by atoms with van der Waals surface area (Å²) in [5.41, 5.74) is 3.21. The lowest BCUT2D eigenvalue weighted by Crippen LogP contribution is -2.22. The van der Waals surface area contributed by atoms with Gasteiger partial charge in [0.05, 0.1) is 5.68 Å². The predicted octanol–water partition coefficient (Wildman–Crippen LogP) is 1.80. The van der Waals surface area contributed by atoms with E-state index in [1.807, 2.05) is 29.6 Å². The van der Waals surface area contributed by atoms with Gasteiger partial charge in [0.2, 0.25) is 0 Å². The van der Waals surface area contributed by atoms with Crippen molar-refractivity contribution in [1.82, 2.24) is 4.98 Å². The minimum absolute atomic E-state index is 0.136. The summed E-state index contributed by atoms with van der Waals surface area (Å²) in [5, 5.41) is 5.96. The molecular formula is C12H13BN2OS. The van der Waals surface area contributed by atoms with Crippen molar-refractivity contribution in [3.05, 3.63) is 35.2 Å².